The first kappa shape index (κ1) is 24.2. The van der Waals surface area contributed by atoms with Crippen LogP contribution in [-0.4, -0.2) is 59.2 Å². The van der Waals surface area contributed by atoms with Crippen LogP contribution in [0.1, 0.15) is 37.6 Å². The molecule has 2 amide bonds. The van der Waals surface area contributed by atoms with Gasteiger partial charge in [0.25, 0.3) is 5.91 Å². The maximum atomic E-state index is 13.5. The van der Waals surface area contributed by atoms with Gasteiger partial charge in [0.05, 0.1) is 23.9 Å². The van der Waals surface area contributed by atoms with Crippen molar-refractivity contribution >= 4 is 28.9 Å². The van der Waals surface area contributed by atoms with Crippen LogP contribution in [0.2, 0.25) is 0 Å². The molecule has 1 fully saturated rings. The lowest BCUT2D eigenvalue weighted by Crippen LogP contribution is -2.44. The number of fused-ring (bicyclic) bond motifs is 1. The van der Waals surface area contributed by atoms with Crippen molar-refractivity contribution in [3.8, 4) is 11.3 Å². The summed E-state index contributed by atoms with van der Waals surface area (Å²) in [5, 5.41) is 3.72. The van der Waals surface area contributed by atoms with E-state index in [4.69, 9.17) is 14.5 Å². The van der Waals surface area contributed by atoms with Crippen LogP contribution in [-0.2, 0) is 14.3 Å². The number of hydrogen-bond donors (Lipinski definition) is 1. The number of aromatic nitrogens is 1. The number of hydrogen-bond acceptors (Lipinski definition) is 6. The summed E-state index contributed by atoms with van der Waals surface area (Å²) in [7, 11) is 1.27. The smallest absolute Gasteiger partial charge is 0.411 e. The topological polar surface area (TPSA) is 97.8 Å². The van der Waals surface area contributed by atoms with Crippen LogP contribution in [0.4, 0.5) is 4.79 Å². The van der Waals surface area contributed by atoms with Crippen molar-refractivity contribution in [2.45, 2.75) is 44.9 Å². The Hall–Kier alpha value is -3.94. The van der Waals surface area contributed by atoms with Gasteiger partial charge < -0.3 is 14.8 Å². The second-order valence-electron chi connectivity index (χ2n) is 9.52. The van der Waals surface area contributed by atoms with E-state index in [1.54, 1.807) is 26.8 Å². The lowest BCUT2D eigenvalue weighted by molar-refractivity contribution is -0.145. The molecule has 8 nitrogen and oxygen atoms in total. The van der Waals surface area contributed by atoms with Crippen molar-refractivity contribution in [2.75, 3.05) is 13.7 Å². The number of pyridine rings is 1. The van der Waals surface area contributed by atoms with Gasteiger partial charge in [0.2, 0.25) is 0 Å². The van der Waals surface area contributed by atoms with Gasteiger partial charge in [-0.3, -0.25) is 9.69 Å². The first-order valence-electron chi connectivity index (χ1n) is 11.5. The first-order chi connectivity index (χ1) is 16.7. The van der Waals surface area contributed by atoms with E-state index in [2.05, 4.69) is 5.32 Å². The minimum Gasteiger partial charge on any atom is -0.467 e. The fraction of sp³-hybridized carbons (Fsp3) is 0.333. The largest absolute Gasteiger partial charge is 0.467 e. The molecule has 3 aromatic rings. The normalized spacial score (nSPS) is 17.8. The number of esters is 1. The summed E-state index contributed by atoms with van der Waals surface area (Å²) < 4.78 is 10.4. The lowest BCUT2D eigenvalue weighted by atomic mass is 10.0. The van der Waals surface area contributed by atoms with Crippen LogP contribution in [0, 0.1) is 0 Å². The number of rotatable bonds is 4. The molecule has 1 aliphatic heterocycles. The number of amides is 2. The Morgan fingerprint density at radius 3 is 2.40 bits per heavy atom. The molecule has 0 spiro atoms. The van der Waals surface area contributed by atoms with Crippen LogP contribution in [0.25, 0.3) is 22.2 Å². The van der Waals surface area contributed by atoms with Crippen molar-refractivity contribution in [1.29, 1.82) is 0 Å². The van der Waals surface area contributed by atoms with Gasteiger partial charge >= 0.3 is 12.1 Å². The zero-order valence-corrected chi connectivity index (χ0v) is 20.3. The molecule has 1 aliphatic rings. The Bertz CT molecular complexity index is 1250. The Labute approximate surface area is 204 Å². The van der Waals surface area contributed by atoms with Gasteiger partial charge in [-0.15, -0.1) is 0 Å². The monoisotopic (exact) mass is 475 g/mol. The third kappa shape index (κ3) is 5.42. The van der Waals surface area contributed by atoms with Crippen molar-refractivity contribution < 1.29 is 23.9 Å². The number of nitrogens with zero attached hydrogens (tertiary/aromatic N) is 2. The van der Waals surface area contributed by atoms with E-state index in [1.807, 2.05) is 54.6 Å². The molecule has 182 valence electrons. The molecule has 2 aromatic carbocycles. The molecule has 2 atom stereocenters. The molecule has 2 unspecified atom stereocenters. The minimum atomic E-state index is -0.839. The molecule has 2 heterocycles. The van der Waals surface area contributed by atoms with Crippen LogP contribution in [0.3, 0.4) is 0 Å². The SMILES string of the molecule is COC(=O)C1CC(NC(=O)c2cc(-c3ccccc3)nc3ccccc23)CN1C(=O)OC(C)(C)C. The fourth-order valence-corrected chi connectivity index (χ4v) is 4.21. The standard InChI is InChI=1S/C27H29N3O5/c1-27(2,3)35-26(33)30-16-18(14-23(30)25(32)34-4)28-24(31)20-15-22(17-10-6-5-7-11-17)29-21-13-9-8-12-19(20)21/h5-13,15,18,23H,14,16H2,1-4H3,(H,28,31). The number of benzene rings is 2. The second kappa shape index (κ2) is 9.74. The number of methoxy groups -OCH3 is 1. The number of ether oxygens (including phenoxy) is 2. The Morgan fingerprint density at radius 2 is 1.71 bits per heavy atom. The summed E-state index contributed by atoms with van der Waals surface area (Å²) >= 11 is 0. The van der Waals surface area contributed by atoms with E-state index in [-0.39, 0.29) is 18.9 Å². The molecule has 1 aromatic heterocycles. The molecule has 4 rings (SSSR count). The van der Waals surface area contributed by atoms with E-state index in [1.165, 1.54) is 12.0 Å². The van der Waals surface area contributed by atoms with Gasteiger partial charge in [-0.25, -0.2) is 14.6 Å². The number of carbonyl (C=O) groups is 3. The number of para-hydroxylation sites is 1. The Morgan fingerprint density at radius 1 is 1.03 bits per heavy atom. The van der Waals surface area contributed by atoms with Crippen molar-refractivity contribution in [2.24, 2.45) is 0 Å². The van der Waals surface area contributed by atoms with E-state index in [0.29, 0.717) is 16.8 Å². The highest BCUT2D eigenvalue weighted by molar-refractivity contribution is 6.07. The van der Waals surface area contributed by atoms with Crippen LogP contribution < -0.4 is 5.32 Å². The molecule has 1 saturated heterocycles. The molecule has 35 heavy (non-hydrogen) atoms. The van der Waals surface area contributed by atoms with Gasteiger partial charge in [-0.05, 0) is 32.9 Å². The Balaban J connectivity index is 1.61. The molecule has 1 N–H and O–H groups in total. The molecular formula is C27H29N3O5. The zero-order valence-electron chi connectivity index (χ0n) is 20.3. The predicted molar refractivity (Wildman–Crippen MR) is 132 cm³/mol. The zero-order chi connectivity index (χ0) is 25.2. The summed E-state index contributed by atoms with van der Waals surface area (Å²) in [6, 6.07) is 17.6. The third-order valence-electron chi connectivity index (χ3n) is 5.77. The highest BCUT2D eigenvalue weighted by atomic mass is 16.6. The summed E-state index contributed by atoms with van der Waals surface area (Å²) in [5.41, 5.74) is 2.04. The van der Waals surface area contributed by atoms with E-state index in [9.17, 15) is 14.4 Å². The van der Waals surface area contributed by atoms with Crippen molar-refractivity contribution in [1.82, 2.24) is 15.2 Å². The van der Waals surface area contributed by atoms with Crippen molar-refractivity contribution in [3.63, 3.8) is 0 Å². The molecule has 0 saturated carbocycles. The van der Waals surface area contributed by atoms with Crippen LogP contribution in [0.5, 0.6) is 0 Å². The molecular weight excluding hydrogens is 446 g/mol. The van der Waals surface area contributed by atoms with Gasteiger partial charge in [-0.1, -0.05) is 48.5 Å². The average molecular weight is 476 g/mol. The number of likely N-dealkylation sites (tertiary alicyclic amines) is 1. The van der Waals surface area contributed by atoms with E-state index < -0.39 is 29.7 Å². The maximum Gasteiger partial charge on any atom is 0.411 e. The molecule has 0 aliphatic carbocycles. The van der Waals surface area contributed by atoms with Crippen LogP contribution >= 0.6 is 0 Å². The number of carbonyl (C=O) groups excluding carboxylic acids is 3. The summed E-state index contributed by atoms with van der Waals surface area (Å²) in [5.74, 6) is -0.853. The average Bonchev–Trinajstić information content (AvgIpc) is 3.26. The summed E-state index contributed by atoms with van der Waals surface area (Å²) in [4.78, 5) is 44.6. The predicted octanol–water partition coefficient (Wildman–Crippen LogP) is 4.18. The highest BCUT2D eigenvalue weighted by Crippen LogP contribution is 2.26. The highest BCUT2D eigenvalue weighted by Gasteiger charge is 2.42. The fourth-order valence-electron chi connectivity index (χ4n) is 4.21. The summed E-state index contributed by atoms with van der Waals surface area (Å²) in [6.45, 7) is 5.40. The quantitative estimate of drug-likeness (QED) is 0.569. The lowest BCUT2D eigenvalue weighted by Gasteiger charge is -2.27. The Kier molecular flexibility index (Phi) is 6.73. The first-order valence-corrected chi connectivity index (χ1v) is 11.5. The molecule has 0 bridgehead atoms. The van der Waals surface area contributed by atoms with E-state index >= 15 is 0 Å². The molecule has 0 radical (unpaired) electrons. The van der Waals surface area contributed by atoms with E-state index in [0.717, 1.165) is 10.9 Å². The summed E-state index contributed by atoms with van der Waals surface area (Å²) in [6.07, 6.45) is -0.392. The number of nitrogens with one attached hydrogen (secondary N) is 1. The van der Waals surface area contributed by atoms with Gasteiger partial charge in [0.15, 0.2) is 0 Å². The third-order valence-corrected chi connectivity index (χ3v) is 5.77. The van der Waals surface area contributed by atoms with Gasteiger partial charge in [-0.2, -0.15) is 0 Å². The second-order valence-corrected chi connectivity index (χ2v) is 9.52. The molecule has 8 heteroatoms. The maximum absolute atomic E-state index is 13.5. The minimum absolute atomic E-state index is 0.134. The van der Waals surface area contributed by atoms with Crippen molar-refractivity contribution in [3.05, 3.63) is 66.2 Å². The van der Waals surface area contributed by atoms with Crippen LogP contribution in [0.15, 0.2) is 60.7 Å². The van der Waals surface area contributed by atoms with Gasteiger partial charge in [0, 0.05) is 30.0 Å². The van der Waals surface area contributed by atoms with Gasteiger partial charge in [0.1, 0.15) is 11.6 Å².